The fourth-order valence-electron chi connectivity index (χ4n) is 1.05. The van der Waals surface area contributed by atoms with Crippen LogP contribution in [0.25, 0.3) is 0 Å². The molecule has 3 heteroatoms. The molecule has 0 saturated heterocycles. The van der Waals surface area contributed by atoms with Crippen LogP contribution in [0, 0.1) is 0 Å². The lowest BCUT2D eigenvalue weighted by Crippen LogP contribution is -2.28. The van der Waals surface area contributed by atoms with E-state index < -0.39 is 0 Å². The van der Waals surface area contributed by atoms with Crippen molar-refractivity contribution in [2.45, 2.75) is 26.3 Å². The first-order valence-electron chi connectivity index (χ1n) is 4.46. The van der Waals surface area contributed by atoms with E-state index in [1.54, 1.807) is 18.2 Å². The number of anilines is 1. The maximum Gasteiger partial charge on any atom is 0.201 e. The minimum atomic E-state index is -0.125. The average Bonchev–Trinajstić information content (AvgIpc) is 2.17. The van der Waals surface area contributed by atoms with Gasteiger partial charge in [0.15, 0.2) is 0 Å². The highest BCUT2D eigenvalue weighted by Crippen LogP contribution is 2.11. The summed E-state index contributed by atoms with van der Waals surface area (Å²) in [5, 5.41) is 3.68. The average molecular weight is 212 g/mol. The van der Waals surface area contributed by atoms with Crippen LogP contribution >= 0.6 is 11.6 Å². The molecule has 1 aromatic carbocycles. The van der Waals surface area contributed by atoms with Crippen LogP contribution in [0.1, 0.15) is 20.8 Å². The fourth-order valence-corrected chi connectivity index (χ4v) is 1.18. The van der Waals surface area contributed by atoms with Crippen molar-refractivity contribution in [3.63, 3.8) is 0 Å². The zero-order valence-corrected chi connectivity index (χ0v) is 9.35. The summed E-state index contributed by atoms with van der Waals surface area (Å²) in [7, 11) is 0. The van der Waals surface area contributed by atoms with Gasteiger partial charge in [-0.05, 0) is 45.0 Å². The van der Waals surface area contributed by atoms with E-state index in [1.165, 1.54) is 6.07 Å². The molecule has 0 aliphatic carbocycles. The second-order valence-electron chi connectivity index (χ2n) is 4.20. The van der Waals surface area contributed by atoms with Gasteiger partial charge in [0, 0.05) is 10.6 Å². The van der Waals surface area contributed by atoms with Crippen LogP contribution in [0.15, 0.2) is 29.1 Å². The van der Waals surface area contributed by atoms with Crippen LogP contribution in [-0.2, 0) is 0 Å². The number of hydrogen-bond acceptors (Lipinski definition) is 2. The SMILES string of the molecule is CC(C)(C)Nc1ccc(Cl)ccc1=O. The second-order valence-corrected chi connectivity index (χ2v) is 4.64. The summed E-state index contributed by atoms with van der Waals surface area (Å²) in [6.07, 6.45) is 0. The van der Waals surface area contributed by atoms with Gasteiger partial charge in [0.2, 0.25) is 5.43 Å². The van der Waals surface area contributed by atoms with Gasteiger partial charge in [0.25, 0.3) is 0 Å². The summed E-state index contributed by atoms with van der Waals surface area (Å²) >= 11 is 5.77. The monoisotopic (exact) mass is 211 g/mol. The Kier molecular flexibility index (Phi) is 3.17. The van der Waals surface area contributed by atoms with E-state index in [9.17, 15) is 4.79 Å². The molecule has 1 aromatic rings. The van der Waals surface area contributed by atoms with Crippen molar-refractivity contribution < 1.29 is 0 Å². The van der Waals surface area contributed by atoms with Crippen molar-refractivity contribution >= 4 is 17.3 Å². The molecule has 0 unspecified atom stereocenters. The topological polar surface area (TPSA) is 29.1 Å². The minimum absolute atomic E-state index is 0.0492. The van der Waals surface area contributed by atoms with Crippen molar-refractivity contribution in [2.24, 2.45) is 0 Å². The Labute approximate surface area is 88.9 Å². The molecule has 0 amide bonds. The molecule has 0 bridgehead atoms. The van der Waals surface area contributed by atoms with Gasteiger partial charge in [-0.1, -0.05) is 11.6 Å². The molecule has 0 radical (unpaired) electrons. The van der Waals surface area contributed by atoms with Gasteiger partial charge in [-0.25, -0.2) is 0 Å². The van der Waals surface area contributed by atoms with Crippen molar-refractivity contribution in [3.05, 3.63) is 39.5 Å². The lowest BCUT2D eigenvalue weighted by molar-refractivity contribution is 0.633. The highest BCUT2D eigenvalue weighted by atomic mass is 35.5. The van der Waals surface area contributed by atoms with Crippen LogP contribution in [0.4, 0.5) is 5.69 Å². The van der Waals surface area contributed by atoms with E-state index in [0.717, 1.165) is 0 Å². The maximum atomic E-state index is 11.5. The third kappa shape index (κ3) is 3.38. The first-order chi connectivity index (χ1) is 6.38. The molecule has 1 N–H and O–H groups in total. The van der Waals surface area contributed by atoms with Crippen molar-refractivity contribution in [2.75, 3.05) is 5.32 Å². The Bertz CT molecular complexity index is 382. The highest BCUT2D eigenvalue weighted by Gasteiger charge is 2.10. The molecular weight excluding hydrogens is 198 g/mol. The molecule has 0 aromatic heterocycles. The van der Waals surface area contributed by atoms with E-state index >= 15 is 0 Å². The molecule has 1 rings (SSSR count). The van der Waals surface area contributed by atoms with E-state index in [4.69, 9.17) is 11.6 Å². The van der Waals surface area contributed by atoms with Gasteiger partial charge in [-0.2, -0.15) is 0 Å². The largest absolute Gasteiger partial charge is 0.377 e. The zero-order chi connectivity index (χ0) is 10.8. The third-order valence-electron chi connectivity index (χ3n) is 1.58. The van der Waals surface area contributed by atoms with E-state index in [2.05, 4.69) is 5.32 Å². The lowest BCUT2D eigenvalue weighted by atomic mass is 10.1. The van der Waals surface area contributed by atoms with Gasteiger partial charge in [-0.15, -0.1) is 0 Å². The molecule has 0 aliphatic heterocycles. The Morgan fingerprint density at radius 3 is 2.29 bits per heavy atom. The van der Waals surface area contributed by atoms with Crippen molar-refractivity contribution in [1.82, 2.24) is 0 Å². The first kappa shape index (κ1) is 11.1. The Hall–Kier alpha value is -1.02. The predicted octanol–water partition coefficient (Wildman–Crippen LogP) is 2.91. The Morgan fingerprint density at radius 2 is 1.71 bits per heavy atom. The molecule has 0 heterocycles. The molecule has 14 heavy (non-hydrogen) atoms. The van der Waals surface area contributed by atoms with Crippen LogP contribution < -0.4 is 10.7 Å². The normalized spacial score (nSPS) is 11.1. The Balaban J connectivity index is 3.12. The molecule has 76 valence electrons. The molecule has 0 spiro atoms. The van der Waals surface area contributed by atoms with Gasteiger partial charge < -0.3 is 5.32 Å². The summed E-state index contributed by atoms with van der Waals surface area (Å²) < 4.78 is 0. The summed E-state index contributed by atoms with van der Waals surface area (Å²) in [4.78, 5) is 11.5. The van der Waals surface area contributed by atoms with Crippen molar-refractivity contribution in [3.8, 4) is 0 Å². The first-order valence-corrected chi connectivity index (χ1v) is 4.84. The maximum absolute atomic E-state index is 11.5. The standard InChI is InChI=1S/C11H14ClNO/c1-11(2,3)13-9-6-4-8(12)5-7-10(9)14/h4-7H,1-3H3,(H,13,14). The number of nitrogens with one attached hydrogen (secondary N) is 1. The molecule has 0 aliphatic rings. The van der Waals surface area contributed by atoms with Crippen LogP contribution in [-0.4, -0.2) is 5.54 Å². The van der Waals surface area contributed by atoms with Gasteiger partial charge in [-0.3, -0.25) is 4.79 Å². The van der Waals surface area contributed by atoms with E-state index in [-0.39, 0.29) is 11.0 Å². The summed E-state index contributed by atoms with van der Waals surface area (Å²) in [6, 6.07) is 6.47. The van der Waals surface area contributed by atoms with Crippen LogP contribution in [0.2, 0.25) is 5.02 Å². The fraction of sp³-hybridized carbons (Fsp3) is 0.364. The van der Waals surface area contributed by atoms with Gasteiger partial charge in [0.1, 0.15) is 0 Å². The summed E-state index contributed by atoms with van der Waals surface area (Å²) in [5.41, 5.74) is 0.399. The Morgan fingerprint density at radius 1 is 1.14 bits per heavy atom. The molecule has 0 atom stereocenters. The third-order valence-corrected chi connectivity index (χ3v) is 1.83. The van der Waals surface area contributed by atoms with E-state index in [0.29, 0.717) is 10.7 Å². The molecular formula is C11H14ClNO. The van der Waals surface area contributed by atoms with Crippen LogP contribution in [0.5, 0.6) is 0 Å². The predicted molar refractivity (Wildman–Crippen MR) is 61.1 cm³/mol. The van der Waals surface area contributed by atoms with E-state index in [1.807, 2.05) is 20.8 Å². The number of rotatable bonds is 1. The summed E-state index contributed by atoms with van der Waals surface area (Å²) in [6.45, 7) is 6.00. The molecule has 2 nitrogen and oxygen atoms in total. The smallest absolute Gasteiger partial charge is 0.201 e. The van der Waals surface area contributed by atoms with Crippen LogP contribution in [0.3, 0.4) is 0 Å². The van der Waals surface area contributed by atoms with Gasteiger partial charge in [0.05, 0.1) is 5.69 Å². The number of hydrogen-bond donors (Lipinski definition) is 1. The lowest BCUT2D eigenvalue weighted by Gasteiger charge is -2.20. The zero-order valence-electron chi connectivity index (χ0n) is 8.60. The molecule has 0 fully saturated rings. The molecule has 0 saturated carbocycles. The number of halogens is 1. The second kappa shape index (κ2) is 4.01. The quantitative estimate of drug-likeness (QED) is 0.774. The minimum Gasteiger partial charge on any atom is -0.377 e. The highest BCUT2D eigenvalue weighted by molar-refractivity contribution is 6.30. The summed E-state index contributed by atoms with van der Waals surface area (Å²) in [5.74, 6) is 0. The van der Waals surface area contributed by atoms with Gasteiger partial charge >= 0.3 is 0 Å². The van der Waals surface area contributed by atoms with Crippen molar-refractivity contribution in [1.29, 1.82) is 0 Å².